The number of hydrogen-bond donors (Lipinski definition) is 0. The standard InChI is InChI=1S/C19H22O4/c1-3-22-19(21)14-10-7-11-15-16(14)17(20)12(2)18(23-15)13-8-5-4-6-9-13/h7,10-11,13H,3-6,8-9H2,1-2H3. The fourth-order valence-electron chi connectivity index (χ4n) is 3.48. The summed E-state index contributed by atoms with van der Waals surface area (Å²) in [5.41, 5.74) is 1.28. The van der Waals surface area contributed by atoms with Crippen LogP contribution in [0.15, 0.2) is 27.4 Å². The van der Waals surface area contributed by atoms with Gasteiger partial charge in [0.05, 0.1) is 17.6 Å². The Morgan fingerprint density at radius 3 is 2.70 bits per heavy atom. The van der Waals surface area contributed by atoms with E-state index in [1.807, 2.05) is 0 Å². The number of carbonyl (C=O) groups is 1. The molecule has 1 aromatic carbocycles. The lowest BCUT2D eigenvalue weighted by Gasteiger charge is -2.22. The zero-order valence-corrected chi connectivity index (χ0v) is 13.7. The van der Waals surface area contributed by atoms with Crippen LogP contribution >= 0.6 is 0 Å². The second-order valence-corrected chi connectivity index (χ2v) is 6.15. The van der Waals surface area contributed by atoms with E-state index < -0.39 is 5.97 Å². The van der Waals surface area contributed by atoms with Gasteiger partial charge in [-0.05, 0) is 38.8 Å². The normalized spacial score (nSPS) is 15.7. The molecule has 1 aromatic heterocycles. The predicted molar refractivity (Wildman–Crippen MR) is 89.0 cm³/mol. The van der Waals surface area contributed by atoms with Gasteiger partial charge in [-0.15, -0.1) is 0 Å². The van der Waals surface area contributed by atoms with Gasteiger partial charge in [0.1, 0.15) is 11.3 Å². The van der Waals surface area contributed by atoms with Gasteiger partial charge in [-0.3, -0.25) is 4.79 Å². The number of rotatable bonds is 3. The second kappa shape index (κ2) is 6.57. The largest absolute Gasteiger partial charge is 0.462 e. The molecule has 122 valence electrons. The molecule has 1 aliphatic rings. The number of esters is 1. The van der Waals surface area contributed by atoms with E-state index in [0.29, 0.717) is 22.5 Å². The van der Waals surface area contributed by atoms with E-state index in [0.717, 1.165) is 18.6 Å². The highest BCUT2D eigenvalue weighted by molar-refractivity contribution is 6.03. The highest BCUT2D eigenvalue weighted by Crippen LogP contribution is 2.35. The first kappa shape index (κ1) is 15.8. The maximum atomic E-state index is 12.9. The lowest BCUT2D eigenvalue weighted by atomic mass is 9.85. The second-order valence-electron chi connectivity index (χ2n) is 6.15. The molecule has 0 radical (unpaired) electrons. The molecule has 0 atom stereocenters. The molecular weight excluding hydrogens is 292 g/mol. The van der Waals surface area contributed by atoms with E-state index in [1.165, 1.54) is 19.3 Å². The van der Waals surface area contributed by atoms with E-state index in [2.05, 4.69) is 0 Å². The SMILES string of the molecule is CCOC(=O)c1cccc2oc(C3CCCCC3)c(C)c(=O)c12. The lowest BCUT2D eigenvalue weighted by Crippen LogP contribution is -2.17. The molecule has 1 heterocycles. The Hall–Kier alpha value is -2.10. The topological polar surface area (TPSA) is 56.5 Å². The van der Waals surface area contributed by atoms with Crippen molar-refractivity contribution in [2.75, 3.05) is 6.61 Å². The van der Waals surface area contributed by atoms with Gasteiger partial charge in [0.25, 0.3) is 0 Å². The Balaban J connectivity index is 2.16. The monoisotopic (exact) mass is 314 g/mol. The molecule has 23 heavy (non-hydrogen) atoms. The number of benzene rings is 1. The number of fused-ring (bicyclic) bond motifs is 1. The summed E-state index contributed by atoms with van der Waals surface area (Å²) < 4.78 is 11.1. The molecule has 3 rings (SSSR count). The maximum Gasteiger partial charge on any atom is 0.339 e. The zero-order chi connectivity index (χ0) is 16.4. The summed E-state index contributed by atoms with van der Waals surface area (Å²) in [6.45, 7) is 3.83. The van der Waals surface area contributed by atoms with Crippen LogP contribution in [0.4, 0.5) is 0 Å². The van der Waals surface area contributed by atoms with Crippen molar-refractivity contribution in [3.05, 3.63) is 45.3 Å². The minimum absolute atomic E-state index is 0.115. The van der Waals surface area contributed by atoms with Crippen molar-refractivity contribution in [3.8, 4) is 0 Å². The van der Waals surface area contributed by atoms with Gasteiger partial charge >= 0.3 is 5.97 Å². The van der Waals surface area contributed by atoms with Crippen LogP contribution in [0.3, 0.4) is 0 Å². The molecule has 0 saturated heterocycles. The number of hydrogen-bond acceptors (Lipinski definition) is 4. The third-order valence-corrected chi connectivity index (χ3v) is 4.65. The third kappa shape index (κ3) is 2.90. The van der Waals surface area contributed by atoms with Crippen LogP contribution < -0.4 is 5.43 Å². The van der Waals surface area contributed by atoms with Gasteiger partial charge in [-0.2, -0.15) is 0 Å². The average molecular weight is 314 g/mol. The quantitative estimate of drug-likeness (QED) is 0.791. The summed E-state index contributed by atoms with van der Waals surface area (Å²) in [5, 5.41) is 0.336. The molecule has 0 aliphatic heterocycles. The molecule has 1 aliphatic carbocycles. The molecule has 4 nitrogen and oxygen atoms in total. The van der Waals surface area contributed by atoms with E-state index in [4.69, 9.17) is 9.15 Å². The summed E-state index contributed by atoms with van der Waals surface area (Å²) >= 11 is 0. The van der Waals surface area contributed by atoms with Crippen LogP contribution in [0, 0.1) is 6.92 Å². The van der Waals surface area contributed by atoms with Crippen molar-refractivity contribution < 1.29 is 13.9 Å². The summed E-state index contributed by atoms with van der Waals surface area (Å²) in [4.78, 5) is 25.0. The summed E-state index contributed by atoms with van der Waals surface area (Å²) in [7, 11) is 0. The van der Waals surface area contributed by atoms with Gasteiger partial charge in [0.2, 0.25) is 0 Å². The minimum atomic E-state index is -0.477. The molecule has 1 saturated carbocycles. The molecule has 0 spiro atoms. The Kier molecular flexibility index (Phi) is 4.51. The van der Waals surface area contributed by atoms with Crippen LogP contribution in [0.5, 0.6) is 0 Å². The Labute approximate surface area is 135 Å². The Bertz CT molecular complexity index is 782. The van der Waals surface area contributed by atoms with Gasteiger partial charge in [0, 0.05) is 11.5 Å². The van der Waals surface area contributed by atoms with Gasteiger partial charge < -0.3 is 9.15 Å². The van der Waals surface area contributed by atoms with Crippen molar-refractivity contribution in [1.29, 1.82) is 0 Å². The predicted octanol–water partition coefficient (Wildman–Crippen LogP) is 4.33. The van der Waals surface area contributed by atoms with Crippen molar-refractivity contribution in [1.82, 2.24) is 0 Å². The van der Waals surface area contributed by atoms with Crippen LogP contribution in [0.2, 0.25) is 0 Å². The van der Waals surface area contributed by atoms with Crippen molar-refractivity contribution >= 4 is 16.9 Å². The summed E-state index contributed by atoms with van der Waals surface area (Å²) in [5.74, 6) is 0.630. The first-order valence-corrected chi connectivity index (χ1v) is 8.37. The van der Waals surface area contributed by atoms with Crippen molar-refractivity contribution in [2.45, 2.75) is 51.9 Å². The fourth-order valence-corrected chi connectivity index (χ4v) is 3.48. The molecule has 0 N–H and O–H groups in total. The highest BCUT2D eigenvalue weighted by Gasteiger charge is 2.24. The first-order chi connectivity index (χ1) is 11.1. The van der Waals surface area contributed by atoms with Gasteiger partial charge in [-0.1, -0.05) is 25.3 Å². The first-order valence-electron chi connectivity index (χ1n) is 8.37. The summed E-state index contributed by atoms with van der Waals surface area (Å²) in [6, 6.07) is 5.11. The molecule has 0 bridgehead atoms. The third-order valence-electron chi connectivity index (χ3n) is 4.65. The molecule has 1 fully saturated rings. The minimum Gasteiger partial charge on any atom is -0.462 e. The Morgan fingerprint density at radius 1 is 1.26 bits per heavy atom. The molecule has 0 amide bonds. The molecule has 0 unspecified atom stereocenters. The maximum absolute atomic E-state index is 12.9. The Morgan fingerprint density at radius 2 is 2.00 bits per heavy atom. The molecule has 4 heteroatoms. The number of ether oxygens (including phenoxy) is 1. The van der Waals surface area contributed by atoms with Crippen molar-refractivity contribution in [2.24, 2.45) is 0 Å². The zero-order valence-electron chi connectivity index (χ0n) is 13.7. The lowest BCUT2D eigenvalue weighted by molar-refractivity contribution is 0.0528. The van der Waals surface area contributed by atoms with Crippen LogP contribution in [-0.2, 0) is 4.74 Å². The van der Waals surface area contributed by atoms with Crippen LogP contribution in [-0.4, -0.2) is 12.6 Å². The highest BCUT2D eigenvalue weighted by atomic mass is 16.5. The van der Waals surface area contributed by atoms with Gasteiger partial charge in [-0.25, -0.2) is 4.79 Å². The molecular formula is C19H22O4. The van der Waals surface area contributed by atoms with Crippen LogP contribution in [0.1, 0.15) is 66.6 Å². The summed E-state index contributed by atoms with van der Waals surface area (Å²) in [6.07, 6.45) is 5.73. The van der Waals surface area contributed by atoms with E-state index in [-0.39, 0.29) is 17.6 Å². The fraction of sp³-hybridized carbons (Fsp3) is 0.474. The average Bonchev–Trinajstić information content (AvgIpc) is 2.58. The van der Waals surface area contributed by atoms with Crippen LogP contribution in [0.25, 0.3) is 11.0 Å². The molecule has 2 aromatic rings. The van der Waals surface area contributed by atoms with E-state index >= 15 is 0 Å². The van der Waals surface area contributed by atoms with Gasteiger partial charge in [0.15, 0.2) is 5.43 Å². The van der Waals surface area contributed by atoms with E-state index in [9.17, 15) is 9.59 Å². The number of carbonyl (C=O) groups excluding carboxylic acids is 1. The van der Waals surface area contributed by atoms with Crippen molar-refractivity contribution in [3.63, 3.8) is 0 Å². The smallest absolute Gasteiger partial charge is 0.339 e. The van der Waals surface area contributed by atoms with E-state index in [1.54, 1.807) is 32.0 Å².